The van der Waals surface area contributed by atoms with E-state index in [1.807, 2.05) is 94.4 Å². The normalized spacial score (nSPS) is 13.8. The number of carbonyl (C=O) groups excluding carboxylic acids is 2. The number of nitrogens with zero attached hydrogens (tertiary/aromatic N) is 2. The maximum atomic E-state index is 13.6. The van der Waals surface area contributed by atoms with Gasteiger partial charge in [0, 0.05) is 18.8 Å². The van der Waals surface area contributed by atoms with Gasteiger partial charge in [0.05, 0.1) is 11.4 Å². The molecule has 1 fully saturated rings. The molecule has 8 nitrogen and oxygen atoms in total. The number of hydrogen-bond acceptors (Lipinski definition) is 5. The van der Waals surface area contributed by atoms with Crippen molar-refractivity contribution in [2.75, 3.05) is 11.9 Å². The van der Waals surface area contributed by atoms with Gasteiger partial charge in [-0.3, -0.25) is 4.79 Å². The molecular weight excluding hydrogens is 540 g/mol. The van der Waals surface area contributed by atoms with Crippen molar-refractivity contribution in [3.8, 4) is 5.69 Å². The van der Waals surface area contributed by atoms with Crippen LogP contribution in [0.1, 0.15) is 79.0 Å². The zero-order valence-corrected chi connectivity index (χ0v) is 25.3. The zero-order chi connectivity index (χ0) is 30.4. The third-order valence-corrected chi connectivity index (χ3v) is 7.11. The summed E-state index contributed by atoms with van der Waals surface area (Å²) in [5, 5.41) is 10.4. The highest BCUT2D eigenvalue weighted by Crippen LogP contribution is 2.34. The minimum atomic E-state index is -0.578. The van der Waals surface area contributed by atoms with Gasteiger partial charge in [0.1, 0.15) is 17.4 Å². The number of aromatic nitrogens is 2. The molecule has 1 atom stereocenters. The lowest BCUT2D eigenvalue weighted by molar-refractivity contribution is 0.0523. The van der Waals surface area contributed by atoms with Crippen LogP contribution in [0, 0.1) is 12.8 Å². The van der Waals surface area contributed by atoms with Crippen molar-refractivity contribution >= 4 is 17.7 Å². The van der Waals surface area contributed by atoms with Crippen LogP contribution in [0.5, 0.6) is 0 Å². The number of carbonyl (C=O) groups is 2. The summed E-state index contributed by atoms with van der Waals surface area (Å²) < 4.78 is 13.4. The summed E-state index contributed by atoms with van der Waals surface area (Å²) in [5.41, 5.74) is 4.84. The SMILES string of the molecule is Cc1cc(C(=O)Nc2cccc(C(OCCC3CC3)c3ccccc3)c2)n(-c2cccc(CNC(=O)OC(C)(C)C)c2)n1. The average Bonchev–Trinajstić information content (AvgIpc) is 3.72. The van der Waals surface area contributed by atoms with Gasteiger partial charge >= 0.3 is 6.09 Å². The average molecular weight is 581 g/mol. The summed E-state index contributed by atoms with van der Waals surface area (Å²) >= 11 is 0. The summed E-state index contributed by atoms with van der Waals surface area (Å²) in [4.78, 5) is 25.7. The molecule has 5 rings (SSSR count). The minimum Gasteiger partial charge on any atom is -0.444 e. The molecule has 4 aromatic rings. The number of benzene rings is 3. The summed E-state index contributed by atoms with van der Waals surface area (Å²) in [6.45, 7) is 8.30. The Labute approximate surface area is 253 Å². The summed E-state index contributed by atoms with van der Waals surface area (Å²) in [6, 6.07) is 27.3. The number of alkyl carbamates (subject to hydrolysis) is 1. The Bertz CT molecular complexity index is 1550. The van der Waals surface area contributed by atoms with Crippen molar-refractivity contribution in [2.45, 2.75) is 65.2 Å². The van der Waals surface area contributed by atoms with E-state index in [1.54, 1.807) is 10.7 Å². The van der Waals surface area contributed by atoms with Crippen LogP contribution in [0.15, 0.2) is 84.9 Å². The van der Waals surface area contributed by atoms with E-state index in [1.165, 1.54) is 12.8 Å². The second-order valence-electron chi connectivity index (χ2n) is 12.1. The molecule has 43 heavy (non-hydrogen) atoms. The molecule has 1 saturated carbocycles. The smallest absolute Gasteiger partial charge is 0.407 e. The highest BCUT2D eigenvalue weighted by atomic mass is 16.6. The van der Waals surface area contributed by atoms with E-state index in [-0.39, 0.29) is 18.6 Å². The monoisotopic (exact) mass is 580 g/mol. The first-order valence-electron chi connectivity index (χ1n) is 14.9. The number of aryl methyl sites for hydroxylation is 1. The number of anilines is 1. The van der Waals surface area contributed by atoms with E-state index in [2.05, 4.69) is 27.9 Å². The number of nitrogens with one attached hydrogen (secondary N) is 2. The quantitative estimate of drug-likeness (QED) is 0.193. The fraction of sp³-hybridized carbons (Fsp3) is 0.343. The standard InChI is InChI=1S/C35H40N4O4/c1-24-20-31(39(38-24)30-15-8-10-26(21-30)23-36-34(41)43-35(2,3)4)33(40)37-29-14-9-13-28(22-29)32(27-11-6-5-7-12-27)42-19-18-25-16-17-25/h5-15,20-22,25,32H,16-19,23H2,1-4H3,(H,36,41)(H,37,40). The molecule has 2 amide bonds. The van der Waals surface area contributed by atoms with Gasteiger partial charge in [0.15, 0.2) is 0 Å². The largest absolute Gasteiger partial charge is 0.444 e. The van der Waals surface area contributed by atoms with E-state index in [0.717, 1.165) is 29.0 Å². The van der Waals surface area contributed by atoms with Crippen LogP contribution >= 0.6 is 0 Å². The van der Waals surface area contributed by atoms with Crippen molar-refractivity contribution in [2.24, 2.45) is 5.92 Å². The molecule has 1 aliphatic carbocycles. The maximum absolute atomic E-state index is 13.6. The Hall–Kier alpha value is -4.43. The first kappa shape index (κ1) is 30.0. The van der Waals surface area contributed by atoms with Crippen molar-refractivity contribution in [1.82, 2.24) is 15.1 Å². The fourth-order valence-corrected chi connectivity index (χ4v) is 4.89. The summed E-state index contributed by atoms with van der Waals surface area (Å²) in [5.74, 6) is 0.512. The van der Waals surface area contributed by atoms with Gasteiger partial charge in [-0.25, -0.2) is 9.48 Å². The second kappa shape index (κ2) is 13.3. The predicted molar refractivity (Wildman–Crippen MR) is 167 cm³/mol. The second-order valence-corrected chi connectivity index (χ2v) is 12.1. The molecule has 0 saturated heterocycles. The summed E-state index contributed by atoms with van der Waals surface area (Å²) in [6.07, 6.45) is 2.95. The van der Waals surface area contributed by atoms with Crippen molar-refractivity contribution in [3.63, 3.8) is 0 Å². The highest BCUT2D eigenvalue weighted by Gasteiger charge is 2.23. The third-order valence-electron chi connectivity index (χ3n) is 7.11. The summed E-state index contributed by atoms with van der Waals surface area (Å²) in [7, 11) is 0. The molecule has 0 aliphatic heterocycles. The molecule has 0 spiro atoms. The molecule has 2 N–H and O–H groups in total. The topological polar surface area (TPSA) is 94.5 Å². The van der Waals surface area contributed by atoms with Gasteiger partial charge in [0.2, 0.25) is 0 Å². The number of rotatable bonds is 11. The minimum absolute atomic E-state index is 0.221. The molecule has 1 unspecified atom stereocenters. The molecule has 0 radical (unpaired) electrons. The first-order valence-corrected chi connectivity index (χ1v) is 14.9. The maximum Gasteiger partial charge on any atom is 0.407 e. The fourth-order valence-electron chi connectivity index (χ4n) is 4.89. The van der Waals surface area contributed by atoms with Gasteiger partial charge in [-0.05, 0) is 87.1 Å². The van der Waals surface area contributed by atoms with E-state index in [9.17, 15) is 9.59 Å². The molecule has 1 heterocycles. The van der Waals surface area contributed by atoms with Gasteiger partial charge in [0.25, 0.3) is 5.91 Å². The van der Waals surface area contributed by atoms with Crippen LogP contribution in [0.3, 0.4) is 0 Å². The van der Waals surface area contributed by atoms with Crippen molar-refractivity contribution in [1.29, 1.82) is 0 Å². The lowest BCUT2D eigenvalue weighted by atomic mass is 10.0. The van der Waals surface area contributed by atoms with Crippen LogP contribution in [-0.2, 0) is 16.0 Å². The van der Waals surface area contributed by atoms with Gasteiger partial charge in [-0.15, -0.1) is 0 Å². The Morgan fingerprint density at radius 1 is 0.953 bits per heavy atom. The third kappa shape index (κ3) is 8.55. The van der Waals surface area contributed by atoms with Crippen LogP contribution in [0.25, 0.3) is 5.69 Å². The Morgan fingerprint density at radius 2 is 1.70 bits per heavy atom. The van der Waals surface area contributed by atoms with Crippen LogP contribution < -0.4 is 10.6 Å². The zero-order valence-electron chi connectivity index (χ0n) is 25.3. The number of hydrogen-bond donors (Lipinski definition) is 2. The van der Waals surface area contributed by atoms with Crippen molar-refractivity contribution < 1.29 is 19.1 Å². The molecule has 1 aromatic heterocycles. The molecular formula is C35H40N4O4. The lowest BCUT2D eigenvalue weighted by Gasteiger charge is -2.20. The van der Waals surface area contributed by atoms with Crippen LogP contribution in [-0.4, -0.2) is 34.0 Å². The number of amides is 2. The molecule has 3 aromatic carbocycles. The predicted octanol–water partition coefficient (Wildman–Crippen LogP) is 7.36. The van der Waals surface area contributed by atoms with Crippen LogP contribution in [0.4, 0.5) is 10.5 Å². The van der Waals surface area contributed by atoms with E-state index >= 15 is 0 Å². The Kier molecular flexibility index (Phi) is 9.26. The Morgan fingerprint density at radius 3 is 2.44 bits per heavy atom. The van der Waals surface area contributed by atoms with E-state index < -0.39 is 11.7 Å². The van der Waals surface area contributed by atoms with E-state index in [4.69, 9.17) is 9.47 Å². The van der Waals surface area contributed by atoms with Gasteiger partial charge in [-0.1, -0.05) is 67.4 Å². The van der Waals surface area contributed by atoms with Crippen molar-refractivity contribution in [3.05, 3.63) is 113 Å². The van der Waals surface area contributed by atoms with Gasteiger partial charge in [-0.2, -0.15) is 5.10 Å². The molecule has 8 heteroatoms. The molecule has 1 aliphatic rings. The molecule has 0 bridgehead atoms. The first-order chi connectivity index (χ1) is 20.6. The Balaban J connectivity index is 1.31. The lowest BCUT2D eigenvalue weighted by Crippen LogP contribution is -2.32. The highest BCUT2D eigenvalue weighted by molar-refractivity contribution is 6.03. The molecule has 224 valence electrons. The van der Waals surface area contributed by atoms with E-state index in [0.29, 0.717) is 29.4 Å². The van der Waals surface area contributed by atoms with Gasteiger partial charge < -0.3 is 20.1 Å². The van der Waals surface area contributed by atoms with Crippen LogP contribution in [0.2, 0.25) is 0 Å². The number of ether oxygens (including phenoxy) is 2.